The van der Waals surface area contributed by atoms with Crippen LogP contribution in [0.25, 0.3) is 10.8 Å². The van der Waals surface area contributed by atoms with Crippen LogP contribution in [-0.4, -0.2) is 29.0 Å². The number of rotatable bonds is 5. The maximum absolute atomic E-state index is 11.1. The third kappa shape index (κ3) is 3.71. The van der Waals surface area contributed by atoms with Gasteiger partial charge >= 0.3 is 5.97 Å². The molecule has 2 rings (SSSR count). The molecule has 0 bridgehead atoms. The average Bonchev–Trinajstić information content (AvgIpc) is 2.56. The van der Waals surface area contributed by atoms with E-state index in [2.05, 4.69) is 0 Å². The molecule has 0 saturated carbocycles. The highest BCUT2D eigenvalue weighted by molar-refractivity contribution is 5.94. The summed E-state index contributed by atoms with van der Waals surface area (Å²) in [5.41, 5.74) is 0.325. The molecule has 1 N–H and O–H groups in total. The fourth-order valence-corrected chi connectivity index (χ4v) is 1.82. The number of carboxylic acids is 1. The fourth-order valence-electron chi connectivity index (χ4n) is 1.82. The highest BCUT2D eigenvalue weighted by atomic mass is 35.5. The highest BCUT2D eigenvalue weighted by Gasteiger charge is 2.05. The van der Waals surface area contributed by atoms with E-state index in [1.807, 2.05) is 0 Å². The lowest BCUT2D eigenvalue weighted by atomic mass is 10.0. The molecule has 20 heavy (non-hydrogen) atoms. The third-order valence-corrected chi connectivity index (χ3v) is 2.76. The van der Waals surface area contributed by atoms with Gasteiger partial charge in [-0.15, -0.1) is 12.4 Å². The van der Waals surface area contributed by atoms with Gasteiger partial charge in [0.2, 0.25) is 0 Å². The van der Waals surface area contributed by atoms with Crippen LogP contribution in [-0.2, 0) is 6.54 Å². The van der Waals surface area contributed by atoms with Gasteiger partial charge in [-0.3, -0.25) is 4.90 Å². The summed E-state index contributed by atoms with van der Waals surface area (Å²) in [6, 6.07) is 8.73. The number of benzene rings is 2. The molecule has 0 atom stereocenters. The zero-order valence-electron chi connectivity index (χ0n) is 20.4. The smallest absolute Gasteiger partial charge is 0.335 e. The molecular weight excluding hydrogens is 274 g/mol. The molecule has 2 aromatic carbocycles. The Hall–Kier alpha value is -1.58. The zero-order valence-corrected chi connectivity index (χ0v) is 11.2. The van der Waals surface area contributed by atoms with E-state index >= 15 is 0 Å². The van der Waals surface area contributed by atoms with Crippen molar-refractivity contribution < 1.29 is 23.6 Å². The maximum atomic E-state index is 11.1. The topological polar surface area (TPSA) is 40.5 Å². The number of nitrogens with zero attached hydrogens (tertiary/aromatic N) is 1. The zero-order chi connectivity index (χ0) is 22.4. The van der Waals surface area contributed by atoms with Crippen LogP contribution in [0.15, 0.2) is 36.4 Å². The molecule has 4 heteroatoms. The minimum absolute atomic E-state index is 0. The van der Waals surface area contributed by atoms with Crippen molar-refractivity contribution in [2.24, 2.45) is 0 Å². The van der Waals surface area contributed by atoms with Crippen molar-refractivity contribution in [2.45, 2.75) is 20.2 Å². The Bertz CT molecular complexity index is 900. The molecule has 0 aliphatic rings. The summed E-state index contributed by atoms with van der Waals surface area (Å²) in [5.74, 6) is -1.11. The van der Waals surface area contributed by atoms with Crippen molar-refractivity contribution >= 4 is 29.1 Å². The summed E-state index contributed by atoms with van der Waals surface area (Å²) in [7, 11) is 0. The monoisotopic (exact) mass is 303 g/mol. The van der Waals surface area contributed by atoms with E-state index in [4.69, 9.17) is 18.8 Å². The average molecular weight is 304 g/mol. The lowest BCUT2D eigenvalue weighted by Gasteiger charge is -2.18. The first-order chi connectivity index (χ1) is 13.0. The lowest BCUT2D eigenvalue weighted by molar-refractivity contribution is 0.0697. The Morgan fingerprint density at radius 2 is 1.85 bits per heavy atom. The molecule has 0 heterocycles. The molecule has 108 valence electrons. The fraction of sp³-hybridized carbons (Fsp3) is 0.312. The normalized spacial score (nSPS) is 20.6. The van der Waals surface area contributed by atoms with Crippen LogP contribution >= 0.6 is 12.4 Å². The van der Waals surface area contributed by atoms with Crippen LogP contribution in [0.4, 0.5) is 0 Å². The lowest BCUT2D eigenvalue weighted by Crippen LogP contribution is -2.21. The Morgan fingerprint density at radius 3 is 2.50 bits per heavy atom. The van der Waals surface area contributed by atoms with Crippen LogP contribution in [0.3, 0.4) is 0 Å². The standard InChI is InChI=1S/C16H19NO2.ClH/c1-3-17(4-2)11-12-5-6-14-10-15(16(18)19)8-7-13(14)9-12;/h5-10H,3-4,11H2,1-2H3,(H,18,19);1H/i1D3,2D3,3D2,4D2;. The van der Waals surface area contributed by atoms with Crippen molar-refractivity contribution in [1.82, 2.24) is 4.90 Å². The van der Waals surface area contributed by atoms with Gasteiger partial charge in [-0.2, -0.15) is 0 Å². The minimum Gasteiger partial charge on any atom is -0.478 e. The van der Waals surface area contributed by atoms with E-state index in [1.165, 1.54) is 36.4 Å². The number of aromatic carboxylic acids is 1. The number of halogens is 1. The van der Waals surface area contributed by atoms with Crippen LogP contribution in [0, 0.1) is 0 Å². The largest absolute Gasteiger partial charge is 0.478 e. The summed E-state index contributed by atoms with van der Waals surface area (Å²) in [5, 5.41) is 10.2. The highest BCUT2D eigenvalue weighted by Crippen LogP contribution is 2.19. The molecule has 2 aromatic rings. The van der Waals surface area contributed by atoms with Gasteiger partial charge in [0, 0.05) is 20.3 Å². The number of carbonyl (C=O) groups is 1. The number of fused-ring (bicyclic) bond motifs is 1. The first kappa shape index (κ1) is 6.92. The summed E-state index contributed by atoms with van der Waals surface area (Å²) in [4.78, 5) is 11.3. The first-order valence-electron chi connectivity index (χ1n) is 10.5. The number of hydrogen-bond acceptors (Lipinski definition) is 2. The maximum Gasteiger partial charge on any atom is 0.335 e. The molecule has 0 amide bonds. The Labute approximate surface area is 139 Å². The molecule has 0 spiro atoms. The van der Waals surface area contributed by atoms with Gasteiger partial charge in [0.1, 0.15) is 0 Å². The molecule has 0 aliphatic heterocycles. The second-order valence-electron chi connectivity index (χ2n) is 4.01. The number of carboxylic acid groups (broad SMARTS) is 1. The molecule has 0 saturated heterocycles. The summed E-state index contributed by atoms with van der Waals surface area (Å²) in [6.07, 6.45) is 0. The summed E-state index contributed by atoms with van der Waals surface area (Å²) < 4.78 is 76.3. The van der Waals surface area contributed by atoms with Gasteiger partial charge in [0.25, 0.3) is 0 Å². The molecule has 3 nitrogen and oxygen atoms in total. The van der Waals surface area contributed by atoms with E-state index in [0.717, 1.165) is 0 Å². The van der Waals surface area contributed by atoms with Crippen LogP contribution in [0.1, 0.15) is 43.3 Å². The van der Waals surface area contributed by atoms with Crippen molar-refractivity contribution in [1.29, 1.82) is 0 Å². The second kappa shape index (κ2) is 7.27. The number of hydrogen-bond donors (Lipinski definition) is 1. The van der Waals surface area contributed by atoms with Gasteiger partial charge in [-0.1, -0.05) is 31.9 Å². The van der Waals surface area contributed by atoms with Crippen molar-refractivity contribution in [3.63, 3.8) is 0 Å². The van der Waals surface area contributed by atoms with E-state index in [9.17, 15) is 4.79 Å². The van der Waals surface area contributed by atoms with E-state index in [-0.39, 0.29) is 28.4 Å². The van der Waals surface area contributed by atoms with Crippen molar-refractivity contribution in [3.8, 4) is 0 Å². The summed E-state index contributed by atoms with van der Waals surface area (Å²) >= 11 is 0. The van der Waals surface area contributed by atoms with Gasteiger partial charge in [-0.05, 0) is 47.5 Å². The Morgan fingerprint density at radius 1 is 1.20 bits per heavy atom. The first-order valence-corrected chi connectivity index (χ1v) is 5.52. The quantitative estimate of drug-likeness (QED) is 0.913. The molecule has 0 aromatic heterocycles. The van der Waals surface area contributed by atoms with Crippen LogP contribution in [0.2, 0.25) is 0 Å². The Kier molecular flexibility index (Phi) is 2.52. The van der Waals surface area contributed by atoms with E-state index < -0.39 is 39.2 Å². The molecule has 0 aliphatic carbocycles. The van der Waals surface area contributed by atoms with Crippen LogP contribution in [0.5, 0.6) is 0 Å². The van der Waals surface area contributed by atoms with Crippen LogP contribution < -0.4 is 0 Å². The predicted molar refractivity (Wildman–Crippen MR) is 84.8 cm³/mol. The predicted octanol–water partition coefficient (Wildman–Crippen LogP) is 3.80. The van der Waals surface area contributed by atoms with Crippen molar-refractivity contribution in [3.05, 3.63) is 47.5 Å². The van der Waals surface area contributed by atoms with E-state index in [0.29, 0.717) is 10.8 Å². The second-order valence-corrected chi connectivity index (χ2v) is 4.01. The van der Waals surface area contributed by atoms with Gasteiger partial charge in [0.05, 0.1) is 5.56 Å². The third-order valence-electron chi connectivity index (χ3n) is 2.76. The SMILES string of the molecule is Cl.[2H]C([2H])([2H])C([2H])([2H])N(Cc1ccc2cc(C(=O)O)ccc2c1)C([2H])([2H])C([2H])([2H])[2H]. The van der Waals surface area contributed by atoms with Gasteiger partial charge in [-0.25, -0.2) is 4.79 Å². The van der Waals surface area contributed by atoms with Gasteiger partial charge in [0.15, 0.2) is 0 Å². The molecule has 0 radical (unpaired) electrons. The Balaban J connectivity index is 0.00000450. The van der Waals surface area contributed by atoms with E-state index in [1.54, 1.807) is 0 Å². The van der Waals surface area contributed by atoms with Crippen molar-refractivity contribution in [2.75, 3.05) is 13.0 Å². The molecule has 0 fully saturated rings. The molecule has 0 unspecified atom stereocenters. The summed E-state index contributed by atoms with van der Waals surface area (Å²) in [6.45, 7) is -13.8. The minimum atomic E-state index is -3.31. The van der Waals surface area contributed by atoms with Gasteiger partial charge < -0.3 is 5.11 Å². The molecular formula is C16H20ClNO2.